The average molecular weight is 334 g/mol. The van der Waals surface area contributed by atoms with E-state index in [1.807, 2.05) is 20.8 Å². The summed E-state index contributed by atoms with van der Waals surface area (Å²) in [6.45, 7) is 6.24. The number of carbonyl (C=O) groups is 1. The molecule has 130 valence electrons. The molecule has 2 aliphatic rings. The lowest BCUT2D eigenvalue weighted by Gasteiger charge is -2.20. The molecule has 1 aliphatic heterocycles. The van der Waals surface area contributed by atoms with E-state index in [0.717, 1.165) is 17.5 Å². The number of nitrogens with zero attached hydrogens (tertiary/aromatic N) is 2. The van der Waals surface area contributed by atoms with Crippen molar-refractivity contribution in [3.05, 3.63) is 31.4 Å². The average Bonchev–Trinajstić information content (AvgIpc) is 3.17. The highest BCUT2D eigenvalue weighted by molar-refractivity contribution is 5.71. The van der Waals surface area contributed by atoms with E-state index < -0.39 is 23.0 Å². The van der Waals surface area contributed by atoms with Gasteiger partial charge in [0.1, 0.15) is 17.8 Å². The van der Waals surface area contributed by atoms with E-state index in [2.05, 4.69) is 10.7 Å². The van der Waals surface area contributed by atoms with Gasteiger partial charge in [-0.3, -0.25) is 14.2 Å². The van der Waals surface area contributed by atoms with Crippen LogP contribution in [0.1, 0.15) is 33.6 Å². The molecule has 0 amide bonds. The Morgan fingerprint density at radius 3 is 2.58 bits per heavy atom. The summed E-state index contributed by atoms with van der Waals surface area (Å²) in [6, 6.07) is -0.586. The van der Waals surface area contributed by atoms with Crippen molar-refractivity contribution in [1.29, 1.82) is 0 Å². The van der Waals surface area contributed by atoms with E-state index in [1.54, 1.807) is 0 Å². The van der Waals surface area contributed by atoms with Gasteiger partial charge < -0.3 is 20.6 Å². The van der Waals surface area contributed by atoms with Crippen LogP contribution in [0.5, 0.6) is 0 Å². The molecule has 3 rings (SSSR count). The number of carbonyl (C=O) groups excluding carboxylic acids is 1. The number of hydrogen-bond donors (Lipinski definition) is 3. The van der Waals surface area contributed by atoms with Gasteiger partial charge in [-0.05, 0) is 24.3 Å². The Kier molecular flexibility index (Phi) is 3.77. The third-order valence-corrected chi connectivity index (χ3v) is 3.92. The number of aliphatic hydroxyl groups excluding tert-OH is 1. The van der Waals surface area contributed by atoms with E-state index in [0.29, 0.717) is 18.3 Å². The van der Waals surface area contributed by atoms with Crippen molar-refractivity contribution in [3.8, 4) is 0 Å². The largest absolute Gasteiger partial charge is 0.494 e. The van der Waals surface area contributed by atoms with Gasteiger partial charge >= 0.3 is 0 Å². The summed E-state index contributed by atoms with van der Waals surface area (Å²) in [4.78, 5) is 36.6. The van der Waals surface area contributed by atoms with Gasteiger partial charge in [0.2, 0.25) is 5.88 Å². The Balaban J connectivity index is 2.31. The molecule has 24 heavy (non-hydrogen) atoms. The molecule has 0 spiro atoms. The van der Waals surface area contributed by atoms with Crippen LogP contribution in [-0.2, 0) is 11.3 Å². The van der Waals surface area contributed by atoms with Crippen LogP contribution in [0.15, 0.2) is 9.59 Å². The van der Waals surface area contributed by atoms with Crippen LogP contribution in [0.3, 0.4) is 0 Å². The van der Waals surface area contributed by atoms with Gasteiger partial charge in [-0.1, -0.05) is 20.8 Å². The normalized spacial score (nSPS) is 20.7. The highest BCUT2D eigenvalue weighted by atomic mass is 16.3. The van der Waals surface area contributed by atoms with Crippen LogP contribution < -0.4 is 32.6 Å². The summed E-state index contributed by atoms with van der Waals surface area (Å²) >= 11 is 0. The zero-order chi connectivity index (χ0) is 17.6. The zero-order valence-corrected chi connectivity index (χ0v) is 14.0. The Morgan fingerprint density at radius 1 is 1.38 bits per heavy atom. The molecule has 1 aromatic rings. The van der Waals surface area contributed by atoms with E-state index in [1.165, 1.54) is 10.6 Å². The smallest absolute Gasteiger partial charge is 0.289 e. The topological polar surface area (TPSA) is 105 Å². The number of fused-ring (bicyclic) bond motifs is 1. The maximum atomic E-state index is 12.9. The number of aliphatic hydroxyl groups is 1. The van der Waals surface area contributed by atoms with Crippen LogP contribution in [-0.4, -0.2) is 32.7 Å². The first-order chi connectivity index (χ1) is 11.2. The second kappa shape index (κ2) is 5.54. The second-order valence-corrected chi connectivity index (χ2v) is 7.55. The van der Waals surface area contributed by atoms with E-state index >= 15 is 0 Å². The second-order valence-electron chi connectivity index (χ2n) is 7.55. The summed E-state index contributed by atoms with van der Waals surface area (Å²) in [6.07, 6.45) is 3.98. The molecule has 1 aromatic heterocycles. The minimum Gasteiger partial charge on any atom is -0.494 e. The molecule has 8 heteroatoms. The molecular weight excluding hydrogens is 312 g/mol. The fourth-order valence-electron chi connectivity index (χ4n) is 2.70. The van der Waals surface area contributed by atoms with Crippen molar-refractivity contribution in [1.82, 2.24) is 14.6 Å². The molecule has 0 aromatic carbocycles. The number of nitrogens with one attached hydrogen (secondary N) is 2. The Hall–Kier alpha value is -2.51. The summed E-state index contributed by atoms with van der Waals surface area (Å²) in [5.74, 6) is -0.401. The van der Waals surface area contributed by atoms with Crippen LogP contribution >= 0.6 is 0 Å². The third-order valence-electron chi connectivity index (χ3n) is 3.92. The molecule has 0 bridgehead atoms. The summed E-state index contributed by atoms with van der Waals surface area (Å²) in [7, 11) is 0. The lowest BCUT2D eigenvalue weighted by molar-refractivity contribution is -0.107. The third kappa shape index (κ3) is 2.95. The van der Waals surface area contributed by atoms with Crippen LogP contribution in [0.2, 0.25) is 0 Å². The van der Waals surface area contributed by atoms with Crippen molar-refractivity contribution in [3.63, 3.8) is 0 Å². The highest BCUT2D eigenvalue weighted by Crippen LogP contribution is 2.19. The van der Waals surface area contributed by atoms with Gasteiger partial charge in [-0.15, -0.1) is 0 Å². The number of aldehydes is 1. The first kappa shape index (κ1) is 16.4. The van der Waals surface area contributed by atoms with Gasteiger partial charge in [-0.2, -0.15) is 0 Å². The molecule has 3 N–H and O–H groups in total. The van der Waals surface area contributed by atoms with Gasteiger partial charge in [0.05, 0.1) is 0 Å². The molecule has 1 fully saturated rings. The molecule has 0 radical (unpaired) electrons. The summed E-state index contributed by atoms with van der Waals surface area (Å²) in [5.41, 5.74) is 1.62. The van der Waals surface area contributed by atoms with Crippen molar-refractivity contribution >= 4 is 18.2 Å². The molecule has 1 unspecified atom stereocenters. The standard InChI is InChI=1S/C16H22N4O4/c1-16(2,3)8-19-11-6-10(7-21)18-20(11)15(24)12(14(19)23)13(22)17-9-4-5-9/h6-7,9-10,17-18,22H,4-5,8H2,1-3H3. The first-order valence-corrected chi connectivity index (χ1v) is 8.00. The lowest BCUT2D eigenvalue weighted by atomic mass is 9.97. The van der Waals surface area contributed by atoms with E-state index in [4.69, 9.17) is 0 Å². The minimum atomic E-state index is -0.683. The molecule has 1 atom stereocenters. The molecule has 1 aliphatic carbocycles. The van der Waals surface area contributed by atoms with Gasteiger partial charge in [0.25, 0.3) is 11.1 Å². The highest BCUT2D eigenvalue weighted by Gasteiger charge is 2.26. The predicted octanol–water partition coefficient (Wildman–Crippen LogP) is -1.66. The maximum Gasteiger partial charge on any atom is 0.289 e. The Labute approximate surface area is 138 Å². The molecule has 2 heterocycles. The van der Waals surface area contributed by atoms with Gasteiger partial charge in [-0.25, -0.2) is 4.68 Å². The predicted molar refractivity (Wildman–Crippen MR) is 89.5 cm³/mol. The SMILES string of the molecule is CC(C)(C)Cn1c(=O)c(=C(O)NC2CC2)c(=O)n2c1=CC(C=O)N2. The van der Waals surface area contributed by atoms with Crippen LogP contribution in [0, 0.1) is 5.41 Å². The quantitative estimate of drug-likeness (QED) is 0.569. The number of aromatic nitrogens is 2. The monoisotopic (exact) mass is 334 g/mol. The van der Waals surface area contributed by atoms with Gasteiger partial charge in [0, 0.05) is 12.6 Å². The van der Waals surface area contributed by atoms with Crippen molar-refractivity contribution in [2.75, 3.05) is 5.43 Å². The van der Waals surface area contributed by atoms with Gasteiger partial charge in [0.15, 0.2) is 5.22 Å². The summed E-state index contributed by atoms with van der Waals surface area (Å²) in [5, 5.41) is 12.7. The van der Waals surface area contributed by atoms with Crippen molar-refractivity contribution in [2.45, 2.75) is 52.2 Å². The number of rotatable bonds is 4. The zero-order valence-electron chi connectivity index (χ0n) is 14.0. The Bertz CT molecular complexity index is 916. The first-order valence-electron chi connectivity index (χ1n) is 8.00. The molecular formula is C16H22N4O4. The van der Waals surface area contributed by atoms with Crippen molar-refractivity contribution < 1.29 is 9.90 Å². The Morgan fingerprint density at radius 2 is 2.04 bits per heavy atom. The van der Waals surface area contributed by atoms with Crippen molar-refractivity contribution in [2.24, 2.45) is 5.41 Å². The fourth-order valence-corrected chi connectivity index (χ4v) is 2.70. The van der Waals surface area contributed by atoms with Crippen LogP contribution in [0.4, 0.5) is 0 Å². The van der Waals surface area contributed by atoms with E-state index in [-0.39, 0.29) is 16.7 Å². The molecule has 0 saturated heterocycles. The van der Waals surface area contributed by atoms with Crippen LogP contribution in [0.25, 0.3) is 12.0 Å². The summed E-state index contributed by atoms with van der Waals surface area (Å²) < 4.78 is 2.59. The molecule has 8 nitrogen and oxygen atoms in total. The maximum absolute atomic E-state index is 12.9. The lowest BCUT2D eigenvalue weighted by Crippen LogP contribution is -2.61. The number of hydrogen-bond acceptors (Lipinski definition) is 6. The molecule has 1 saturated carbocycles. The fraction of sp³-hybridized carbons (Fsp3) is 0.562. The van der Waals surface area contributed by atoms with E-state index in [9.17, 15) is 19.5 Å². The minimum absolute atomic E-state index is 0.0976.